The standard InChI is InChI=1S/C15H22N2O4/c1-15(2)11(12(15)14(19)20)13(18)16-8-9(17(3)4)10-6-5-7-21-10/h5-7,9,11-12H,8H2,1-4H3,(H,16,18)(H,19,20). The van der Waals surface area contributed by atoms with Crippen molar-refractivity contribution in [2.24, 2.45) is 17.3 Å². The number of hydrogen-bond acceptors (Lipinski definition) is 4. The number of carboxylic acids is 1. The molecular formula is C15H22N2O4. The molecule has 1 saturated carbocycles. The Morgan fingerprint density at radius 3 is 2.52 bits per heavy atom. The van der Waals surface area contributed by atoms with Crippen LogP contribution < -0.4 is 5.32 Å². The molecule has 0 aliphatic heterocycles. The number of nitrogens with one attached hydrogen (secondary N) is 1. The quantitative estimate of drug-likeness (QED) is 0.827. The fourth-order valence-electron chi connectivity index (χ4n) is 2.91. The second-order valence-electron chi connectivity index (χ2n) is 6.35. The van der Waals surface area contributed by atoms with E-state index in [1.54, 1.807) is 12.3 Å². The highest BCUT2D eigenvalue weighted by Crippen LogP contribution is 2.58. The lowest BCUT2D eigenvalue weighted by Crippen LogP contribution is -2.36. The zero-order valence-electron chi connectivity index (χ0n) is 12.8. The molecule has 3 unspecified atom stereocenters. The molecule has 0 radical (unpaired) electrons. The first-order valence-corrected chi connectivity index (χ1v) is 6.97. The molecule has 0 spiro atoms. The van der Waals surface area contributed by atoms with Crippen LogP contribution in [-0.2, 0) is 9.59 Å². The summed E-state index contributed by atoms with van der Waals surface area (Å²) in [6.45, 7) is 4.01. The van der Waals surface area contributed by atoms with Crippen LogP contribution in [0, 0.1) is 17.3 Å². The second-order valence-corrected chi connectivity index (χ2v) is 6.35. The van der Waals surface area contributed by atoms with Crippen LogP contribution in [-0.4, -0.2) is 42.5 Å². The number of amides is 1. The Hall–Kier alpha value is -1.82. The van der Waals surface area contributed by atoms with Crippen molar-refractivity contribution < 1.29 is 19.1 Å². The van der Waals surface area contributed by atoms with E-state index in [-0.39, 0.29) is 11.9 Å². The van der Waals surface area contributed by atoms with Crippen molar-refractivity contribution in [2.45, 2.75) is 19.9 Å². The van der Waals surface area contributed by atoms with E-state index >= 15 is 0 Å². The molecule has 3 atom stereocenters. The van der Waals surface area contributed by atoms with Crippen LogP contribution in [0.3, 0.4) is 0 Å². The molecule has 1 heterocycles. The average molecular weight is 294 g/mol. The van der Waals surface area contributed by atoms with Crippen molar-refractivity contribution in [3.8, 4) is 0 Å². The van der Waals surface area contributed by atoms with Crippen LogP contribution in [0.1, 0.15) is 25.6 Å². The van der Waals surface area contributed by atoms with Gasteiger partial charge in [-0.1, -0.05) is 13.8 Å². The molecule has 1 aliphatic carbocycles. The van der Waals surface area contributed by atoms with Gasteiger partial charge in [-0.25, -0.2) is 0 Å². The van der Waals surface area contributed by atoms with Crippen molar-refractivity contribution >= 4 is 11.9 Å². The number of likely N-dealkylation sites (N-methyl/N-ethyl adjacent to an activating group) is 1. The van der Waals surface area contributed by atoms with Gasteiger partial charge in [-0.2, -0.15) is 0 Å². The summed E-state index contributed by atoms with van der Waals surface area (Å²) in [5.41, 5.74) is -0.478. The van der Waals surface area contributed by atoms with E-state index in [9.17, 15) is 9.59 Å². The Morgan fingerprint density at radius 2 is 2.10 bits per heavy atom. The summed E-state index contributed by atoms with van der Waals surface area (Å²) >= 11 is 0. The molecule has 6 nitrogen and oxygen atoms in total. The topological polar surface area (TPSA) is 82.8 Å². The SMILES string of the molecule is CN(C)C(CNC(=O)C1C(C(=O)O)C1(C)C)c1ccco1. The predicted molar refractivity (Wildman–Crippen MR) is 76.5 cm³/mol. The average Bonchev–Trinajstić information content (AvgIpc) is 2.76. The Bertz CT molecular complexity index is 522. The molecule has 0 saturated heterocycles. The number of hydrogen-bond donors (Lipinski definition) is 2. The summed E-state index contributed by atoms with van der Waals surface area (Å²) < 4.78 is 5.38. The third-order valence-corrected chi connectivity index (χ3v) is 4.34. The minimum absolute atomic E-state index is 0.0749. The number of rotatable bonds is 6. The molecule has 1 fully saturated rings. The lowest BCUT2D eigenvalue weighted by molar-refractivity contribution is -0.140. The molecule has 1 aliphatic rings. The summed E-state index contributed by atoms with van der Waals surface area (Å²) in [6, 6.07) is 3.59. The van der Waals surface area contributed by atoms with Gasteiger partial charge in [0.15, 0.2) is 0 Å². The third-order valence-electron chi connectivity index (χ3n) is 4.34. The van der Waals surface area contributed by atoms with Gasteiger partial charge in [-0.3, -0.25) is 14.5 Å². The van der Waals surface area contributed by atoms with Crippen LogP contribution in [0.4, 0.5) is 0 Å². The molecular weight excluding hydrogens is 272 g/mol. The summed E-state index contributed by atoms with van der Waals surface area (Å²) in [5.74, 6) is -1.40. The van der Waals surface area contributed by atoms with Crippen molar-refractivity contribution in [3.05, 3.63) is 24.2 Å². The summed E-state index contributed by atoms with van der Waals surface area (Å²) in [7, 11) is 3.81. The number of carbonyl (C=O) groups excluding carboxylic acids is 1. The number of nitrogens with zero attached hydrogens (tertiary/aromatic N) is 1. The van der Waals surface area contributed by atoms with E-state index in [1.165, 1.54) is 0 Å². The minimum Gasteiger partial charge on any atom is -0.481 e. The fraction of sp³-hybridized carbons (Fsp3) is 0.600. The predicted octanol–water partition coefficient (Wildman–Crippen LogP) is 1.36. The molecule has 1 aromatic rings. The minimum atomic E-state index is -0.907. The Morgan fingerprint density at radius 1 is 1.43 bits per heavy atom. The zero-order chi connectivity index (χ0) is 15.8. The Kier molecular flexibility index (Phi) is 4.09. The second kappa shape index (κ2) is 5.52. The largest absolute Gasteiger partial charge is 0.481 e. The molecule has 2 N–H and O–H groups in total. The van der Waals surface area contributed by atoms with E-state index < -0.39 is 23.2 Å². The summed E-state index contributed by atoms with van der Waals surface area (Å²) in [5, 5.41) is 12.0. The Balaban J connectivity index is 1.96. The highest BCUT2D eigenvalue weighted by Gasteiger charge is 2.65. The van der Waals surface area contributed by atoms with E-state index in [0.29, 0.717) is 6.54 Å². The van der Waals surface area contributed by atoms with Crippen LogP contribution in [0.2, 0.25) is 0 Å². The number of carbonyl (C=O) groups is 2. The van der Waals surface area contributed by atoms with Crippen LogP contribution in [0.15, 0.2) is 22.8 Å². The number of furan rings is 1. The van der Waals surface area contributed by atoms with Gasteiger partial charge in [0.1, 0.15) is 5.76 Å². The van der Waals surface area contributed by atoms with Crippen molar-refractivity contribution in [2.75, 3.05) is 20.6 Å². The van der Waals surface area contributed by atoms with Crippen LogP contribution in [0.25, 0.3) is 0 Å². The molecule has 116 valence electrons. The Labute approximate surface area is 124 Å². The maximum atomic E-state index is 12.2. The molecule has 0 aromatic carbocycles. The normalized spacial score (nSPS) is 24.6. The first-order valence-electron chi connectivity index (χ1n) is 6.97. The molecule has 1 aromatic heterocycles. The van der Waals surface area contributed by atoms with Crippen molar-refractivity contribution in [3.63, 3.8) is 0 Å². The van der Waals surface area contributed by atoms with Gasteiger partial charge in [-0.15, -0.1) is 0 Å². The molecule has 1 amide bonds. The van der Waals surface area contributed by atoms with E-state index in [0.717, 1.165) is 5.76 Å². The maximum Gasteiger partial charge on any atom is 0.307 e. The highest BCUT2D eigenvalue weighted by molar-refractivity contribution is 5.91. The third kappa shape index (κ3) is 2.95. The van der Waals surface area contributed by atoms with E-state index in [4.69, 9.17) is 9.52 Å². The molecule has 0 bridgehead atoms. The maximum absolute atomic E-state index is 12.2. The van der Waals surface area contributed by atoms with Gasteiger partial charge in [0, 0.05) is 6.54 Å². The lowest BCUT2D eigenvalue weighted by atomic mass is 10.1. The van der Waals surface area contributed by atoms with Crippen LogP contribution in [0.5, 0.6) is 0 Å². The molecule has 2 rings (SSSR count). The van der Waals surface area contributed by atoms with Gasteiger partial charge in [0.05, 0.1) is 24.1 Å². The number of carboxylic acid groups (broad SMARTS) is 1. The monoisotopic (exact) mass is 294 g/mol. The number of aliphatic carboxylic acids is 1. The zero-order valence-corrected chi connectivity index (χ0v) is 12.8. The van der Waals surface area contributed by atoms with Crippen LogP contribution >= 0.6 is 0 Å². The van der Waals surface area contributed by atoms with Crippen molar-refractivity contribution in [1.82, 2.24) is 10.2 Å². The van der Waals surface area contributed by atoms with Crippen molar-refractivity contribution in [1.29, 1.82) is 0 Å². The molecule has 21 heavy (non-hydrogen) atoms. The lowest BCUT2D eigenvalue weighted by Gasteiger charge is -2.22. The van der Waals surface area contributed by atoms with E-state index in [1.807, 2.05) is 38.9 Å². The van der Waals surface area contributed by atoms with Gasteiger partial charge in [0.2, 0.25) is 5.91 Å². The molecule has 6 heteroatoms. The smallest absolute Gasteiger partial charge is 0.307 e. The summed E-state index contributed by atoms with van der Waals surface area (Å²) in [6.07, 6.45) is 1.60. The van der Waals surface area contributed by atoms with Gasteiger partial charge >= 0.3 is 5.97 Å². The summed E-state index contributed by atoms with van der Waals surface area (Å²) in [4.78, 5) is 25.3. The van der Waals surface area contributed by atoms with Gasteiger partial charge < -0.3 is 14.8 Å². The van der Waals surface area contributed by atoms with E-state index in [2.05, 4.69) is 5.32 Å². The van der Waals surface area contributed by atoms with Gasteiger partial charge in [0.25, 0.3) is 0 Å². The first-order chi connectivity index (χ1) is 9.76. The fourth-order valence-corrected chi connectivity index (χ4v) is 2.91. The first kappa shape index (κ1) is 15.6. The highest BCUT2D eigenvalue weighted by atomic mass is 16.4. The van der Waals surface area contributed by atoms with Gasteiger partial charge in [-0.05, 0) is 31.6 Å².